The SMILES string of the molecule is CCCC1C(=O)C(C)(C)CCC(=O)OC(C(C)=Cc2ccccn2)CC=C(C)CCCC(C)C1(O)O. The number of hydrogen-bond acceptors (Lipinski definition) is 6. The van der Waals surface area contributed by atoms with Crippen LogP contribution >= 0.6 is 0 Å². The molecule has 1 aromatic heterocycles. The van der Waals surface area contributed by atoms with Crippen molar-refractivity contribution in [3.63, 3.8) is 0 Å². The fourth-order valence-electron chi connectivity index (χ4n) is 4.82. The van der Waals surface area contributed by atoms with Crippen LogP contribution in [0.4, 0.5) is 0 Å². The van der Waals surface area contributed by atoms with Crippen molar-refractivity contribution in [3.8, 4) is 0 Å². The number of allylic oxidation sites excluding steroid dienone is 1. The molecule has 1 aliphatic heterocycles. The van der Waals surface area contributed by atoms with E-state index in [1.54, 1.807) is 20.0 Å². The average molecular weight is 500 g/mol. The molecule has 3 unspecified atom stereocenters. The minimum atomic E-state index is -2.09. The summed E-state index contributed by atoms with van der Waals surface area (Å²) >= 11 is 0. The number of aromatic nitrogens is 1. The number of carbonyl (C=O) groups excluding carboxylic acids is 2. The Bertz CT molecular complexity index is 932. The molecular formula is C30H45NO5. The van der Waals surface area contributed by atoms with Gasteiger partial charge in [0.1, 0.15) is 11.9 Å². The summed E-state index contributed by atoms with van der Waals surface area (Å²) in [5.74, 6) is -4.01. The number of cyclic esters (lactones) is 1. The minimum absolute atomic E-state index is 0.0764. The Morgan fingerprint density at radius 1 is 1.22 bits per heavy atom. The fraction of sp³-hybridized carbons (Fsp3) is 0.633. The van der Waals surface area contributed by atoms with Crippen molar-refractivity contribution in [1.29, 1.82) is 0 Å². The normalized spacial score (nSPS) is 26.7. The van der Waals surface area contributed by atoms with E-state index in [2.05, 4.69) is 11.1 Å². The lowest BCUT2D eigenvalue weighted by molar-refractivity contribution is -0.234. The van der Waals surface area contributed by atoms with Crippen LogP contribution in [0.5, 0.6) is 0 Å². The summed E-state index contributed by atoms with van der Waals surface area (Å²) in [5.41, 5.74) is 1.98. The summed E-state index contributed by atoms with van der Waals surface area (Å²) in [4.78, 5) is 30.8. The summed E-state index contributed by atoms with van der Waals surface area (Å²) in [7, 11) is 0. The maximum absolute atomic E-state index is 13.5. The molecule has 1 aromatic rings. The van der Waals surface area contributed by atoms with E-state index in [0.717, 1.165) is 29.7 Å². The van der Waals surface area contributed by atoms with Crippen molar-refractivity contribution in [1.82, 2.24) is 4.98 Å². The highest BCUT2D eigenvalue weighted by Crippen LogP contribution is 2.38. The van der Waals surface area contributed by atoms with Crippen molar-refractivity contribution in [3.05, 3.63) is 47.3 Å². The zero-order valence-corrected chi connectivity index (χ0v) is 22.9. The molecule has 3 atom stereocenters. The molecular weight excluding hydrogens is 454 g/mol. The average Bonchev–Trinajstić information content (AvgIpc) is 2.83. The van der Waals surface area contributed by atoms with E-state index < -0.39 is 29.1 Å². The third-order valence-electron chi connectivity index (χ3n) is 7.49. The largest absolute Gasteiger partial charge is 0.457 e. The highest BCUT2D eigenvalue weighted by Gasteiger charge is 2.47. The zero-order chi connectivity index (χ0) is 26.9. The van der Waals surface area contributed by atoms with E-state index in [0.29, 0.717) is 25.7 Å². The monoisotopic (exact) mass is 499 g/mol. The summed E-state index contributed by atoms with van der Waals surface area (Å²) in [5, 5.41) is 22.2. The van der Waals surface area contributed by atoms with E-state index in [1.165, 1.54) is 0 Å². The van der Waals surface area contributed by atoms with Gasteiger partial charge in [0, 0.05) is 30.4 Å². The summed E-state index contributed by atoms with van der Waals surface area (Å²) in [6.07, 6.45) is 9.47. The van der Waals surface area contributed by atoms with Gasteiger partial charge in [0.05, 0.1) is 11.6 Å². The highest BCUT2D eigenvalue weighted by atomic mass is 16.5. The molecule has 2 N–H and O–H groups in total. The Balaban J connectivity index is 2.35. The van der Waals surface area contributed by atoms with E-state index in [-0.39, 0.29) is 24.6 Å². The topological polar surface area (TPSA) is 96.7 Å². The molecule has 2 rings (SSSR count). The predicted octanol–water partition coefficient (Wildman–Crippen LogP) is 6.03. The number of ketones is 1. The zero-order valence-electron chi connectivity index (χ0n) is 22.9. The first kappa shape index (κ1) is 29.9. The first-order valence-electron chi connectivity index (χ1n) is 13.3. The van der Waals surface area contributed by atoms with Gasteiger partial charge in [-0.05, 0) is 69.7 Å². The molecule has 0 saturated carbocycles. The number of aliphatic hydroxyl groups is 2. The number of nitrogens with zero attached hydrogens (tertiary/aromatic N) is 1. The molecule has 0 amide bonds. The van der Waals surface area contributed by atoms with Crippen LogP contribution in [-0.4, -0.2) is 38.8 Å². The first-order valence-corrected chi connectivity index (χ1v) is 13.3. The van der Waals surface area contributed by atoms with Crippen molar-refractivity contribution in [2.75, 3.05) is 0 Å². The first-order chi connectivity index (χ1) is 16.9. The second kappa shape index (κ2) is 13.3. The maximum Gasteiger partial charge on any atom is 0.306 e. The third-order valence-corrected chi connectivity index (χ3v) is 7.49. The molecule has 0 spiro atoms. The third kappa shape index (κ3) is 8.38. The van der Waals surface area contributed by atoms with Crippen LogP contribution in [-0.2, 0) is 14.3 Å². The number of hydrogen-bond donors (Lipinski definition) is 2. The molecule has 1 aliphatic rings. The Hall–Kier alpha value is -2.31. The maximum atomic E-state index is 13.5. The van der Waals surface area contributed by atoms with E-state index in [4.69, 9.17) is 4.74 Å². The Morgan fingerprint density at radius 2 is 1.94 bits per heavy atom. The lowest BCUT2D eigenvalue weighted by Gasteiger charge is -2.39. The van der Waals surface area contributed by atoms with Crippen LogP contribution < -0.4 is 0 Å². The van der Waals surface area contributed by atoms with Gasteiger partial charge >= 0.3 is 5.97 Å². The van der Waals surface area contributed by atoms with Crippen LogP contribution in [0.2, 0.25) is 0 Å². The number of Topliss-reactive ketones (excluding diaryl/α,β-unsaturated/α-hetero) is 1. The van der Waals surface area contributed by atoms with E-state index in [1.807, 2.05) is 52.0 Å². The van der Waals surface area contributed by atoms with Gasteiger partial charge in [-0.1, -0.05) is 51.8 Å². The molecule has 2 heterocycles. The van der Waals surface area contributed by atoms with E-state index in [9.17, 15) is 19.8 Å². The second-order valence-corrected chi connectivity index (χ2v) is 11.1. The van der Waals surface area contributed by atoms with Crippen molar-refractivity contribution >= 4 is 17.8 Å². The van der Waals surface area contributed by atoms with Gasteiger partial charge in [-0.15, -0.1) is 0 Å². The molecule has 200 valence electrons. The number of carbonyl (C=O) groups is 2. The molecule has 0 saturated heterocycles. The van der Waals surface area contributed by atoms with Crippen molar-refractivity contribution < 1.29 is 24.5 Å². The Morgan fingerprint density at radius 3 is 2.58 bits per heavy atom. The number of rotatable bonds is 4. The van der Waals surface area contributed by atoms with Crippen LogP contribution in [0, 0.1) is 17.3 Å². The lowest BCUT2D eigenvalue weighted by atomic mass is 9.70. The van der Waals surface area contributed by atoms with Gasteiger partial charge in [-0.25, -0.2) is 0 Å². The van der Waals surface area contributed by atoms with Gasteiger partial charge in [0.15, 0.2) is 5.79 Å². The molecule has 0 aliphatic carbocycles. The van der Waals surface area contributed by atoms with Crippen LogP contribution in [0.3, 0.4) is 0 Å². The number of ether oxygens (including phenoxy) is 1. The molecule has 0 aromatic carbocycles. The molecule has 0 fully saturated rings. The summed E-state index contributed by atoms with van der Waals surface area (Å²) in [6.45, 7) is 11.3. The van der Waals surface area contributed by atoms with Crippen molar-refractivity contribution in [2.24, 2.45) is 17.3 Å². The van der Waals surface area contributed by atoms with Gasteiger partial charge in [-0.2, -0.15) is 0 Å². The molecule has 0 radical (unpaired) electrons. The lowest BCUT2D eigenvalue weighted by Crippen LogP contribution is -2.51. The molecule has 0 bridgehead atoms. The predicted molar refractivity (Wildman–Crippen MR) is 143 cm³/mol. The van der Waals surface area contributed by atoms with E-state index >= 15 is 0 Å². The Labute approximate surface area is 216 Å². The quantitative estimate of drug-likeness (QED) is 0.298. The molecule has 6 heteroatoms. The smallest absolute Gasteiger partial charge is 0.306 e. The minimum Gasteiger partial charge on any atom is -0.457 e. The van der Waals surface area contributed by atoms with Crippen LogP contribution in [0.25, 0.3) is 6.08 Å². The Kier molecular flexibility index (Phi) is 11.0. The summed E-state index contributed by atoms with van der Waals surface area (Å²) < 4.78 is 5.90. The van der Waals surface area contributed by atoms with Crippen molar-refractivity contribution in [2.45, 2.75) is 105 Å². The van der Waals surface area contributed by atoms with Gasteiger partial charge in [-0.3, -0.25) is 14.6 Å². The molecule has 6 nitrogen and oxygen atoms in total. The van der Waals surface area contributed by atoms with Crippen LogP contribution in [0.15, 0.2) is 41.6 Å². The highest BCUT2D eigenvalue weighted by molar-refractivity contribution is 5.87. The molecule has 36 heavy (non-hydrogen) atoms. The van der Waals surface area contributed by atoms with Crippen LogP contribution in [0.1, 0.15) is 98.6 Å². The number of esters is 1. The fourth-order valence-corrected chi connectivity index (χ4v) is 4.82. The van der Waals surface area contributed by atoms with Gasteiger partial charge in [0.25, 0.3) is 0 Å². The van der Waals surface area contributed by atoms with Gasteiger partial charge in [0.2, 0.25) is 0 Å². The number of pyridine rings is 1. The second-order valence-electron chi connectivity index (χ2n) is 11.1. The van der Waals surface area contributed by atoms with Gasteiger partial charge < -0.3 is 14.9 Å². The standard InChI is InChI=1S/C30H45NO5/c1-7-11-25-28(33)29(5,6)18-17-27(32)36-26(22(3)20-24-14-8-9-19-31-24)16-15-21(2)12-10-13-23(4)30(25,34)35/h8-9,14-15,19-20,23,25-26,34-35H,7,10-13,16-18H2,1-6H3. The summed E-state index contributed by atoms with van der Waals surface area (Å²) in [6, 6.07) is 5.69.